The third-order valence-corrected chi connectivity index (χ3v) is 3.14. The van der Waals surface area contributed by atoms with E-state index in [1.54, 1.807) is 12.7 Å². The molecule has 2 aliphatic rings. The number of aliphatic hydroxyl groups is 2. The molecule has 0 aliphatic carbocycles. The van der Waals surface area contributed by atoms with Crippen LogP contribution in [0.3, 0.4) is 0 Å². The molecule has 2 bridgehead atoms. The number of nitrogens with two attached hydrogens (primary N) is 1. The quantitative estimate of drug-likeness (QED) is 0.201. The van der Waals surface area contributed by atoms with Gasteiger partial charge in [0.15, 0.2) is 5.96 Å². The van der Waals surface area contributed by atoms with E-state index < -0.39 is 11.7 Å². The van der Waals surface area contributed by atoms with Crippen LogP contribution in [0.5, 0.6) is 0 Å². The van der Waals surface area contributed by atoms with Gasteiger partial charge < -0.3 is 25.6 Å². The summed E-state index contributed by atoms with van der Waals surface area (Å²) in [7, 11) is 1.81. The highest BCUT2D eigenvalue weighted by Gasteiger charge is 2.61. The first-order valence-corrected chi connectivity index (χ1v) is 4.59. The number of rotatable bonds is 1. The fourth-order valence-corrected chi connectivity index (χ4v) is 2.45. The standard InChI is InChI=1S/C7H14BN3O3/c8-5-3-4(13)7(2-12,14-5)1-11(3)6(9)10/h3-5,12-13H,1-2,8H2,(H3,9,10)/t3?,4?,5-,7?/m1/s1. The van der Waals surface area contributed by atoms with Gasteiger partial charge in [0.1, 0.15) is 19.6 Å². The molecule has 3 unspecified atom stereocenters. The third-order valence-electron chi connectivity index (χ3n) is 3.14. The fourth-order valence-electron chi connectivity index (χ4n) is 2.45. The molecule has 0 aromatic rings. The lowest BCUT2D eigenvalue weighted by Crippen LogP contribution is -2.53. The molecule has 0 aromatic heterocycles. The van der Waals surface area contributed by atoms with Crippen molar-refractivity contribution in [1.29, 1.82) is 5.41 Å². The Morgan fingerprint density at radius 3 is 2.79 bits per heavy atom. The van der Waals surface area contributed by atoms with Crippen LogP contribution in [0.15, 0.2) is 0 Å². The van der Waals surface area contributed by atoms with Crippen molar-refractivity contribution in [2.75, 3.05) is 13.2 Å². The molecule has 2 fully saturated rings. The summed E-state index contributed by atoms with van der Waals surface area (Å²) < 4.78 is 5.50. The van der Waals surface area contributed by atoms with E-state index in [9.17, 15) is 10.2 Å². The van der Waals surface area contributed by atoms with Crippen molar-refractivity contribution < 1.29 is 14.9 Å². The van der Waals surface area contributed by atoms with E-state index in [2.05, 4.69) is 0 Å². The molecule has 2 rings (SSSR count). The van der Waals surface area contributed by atoms with E-state index in [1.807, 2.05) is 0 Å². The summed E-state index contributed by atoms with van der Waals surface area (Å²) in [5, 5.41) is 26.4. The molecule has 2 saturated heterocycles. The van der Waals surface area contributed by atoms with Crippen LogP contribution in [0.25, 0.3) is 0 Å². The first-order valence-electron chi connectivity index (χ1n) is 4.59. The van der Waals surface area contributed by atoms with Crippen LogP contribution in [0.4, 0.5) is 0 Å². The lowest BCUT2D eigenvalue weighted by molar-refractivity contribution is -0.100. The van der Waals surface area contributed by atoms with Crippen LogP contribution >= 0.6 is 0 Å². The molecule has 78 valence electrons. The number of likely N-dealkylation sites (tertiary alicyclic amines) is 1. The summed E-state index contributed by atoms with van der Waals surface area (Å²) in [6.07, 6.45) is -0.772. The van der Waals surface area contributed by atoms with Crippen LogP contribution < -0.4 is 5.73 Å². The maximum Gasteiger partial charge on any atom is 0.188 e. The Hall–Kier alpha value is -0.785. The molecule has 0 radical (unpaired) electrons. The van der Waals surface area contributed by atoms with Crippen molar-refractivity contribution >= 4 is 13.8 Å². The van der Waals surface area contributed by atoms with Gasteiger partial charge in [-0.3, -0.25) is 5.41 Å². The Labute approximate surface area is 82.6 Å². The molecule has 2 aliphatic heterocycles. The number of ether oxygens (including phenoxy) is 1. The largest absolute Gasteiger partial charge is 0.393 e. The van der Waals surface area contributed by atoms with E-state index in [1.165, 1.54) is 0 Å². The van der Waals surface area contributed by atoms with Gasteiger partial charge in [-0.2, -0.15) is 0 Å². The number of hydrogen-bond donors (Lipinski definition) is 4. The van der Waals surface area contributed by atoms with Crippen LogP contribution in [0.1, 0.15) is 0 Å². The highest BCUT2D eigenvalue weighted by atomic mass is 16.6. The Morgan fingerprint density at radius 2 is 2.43 bits per heavy atom. The Bertz CT molecular complexity index is 277. The highest BCUT2D eigenvalue weighted by molar-refractivity contribution is 6.12. The maximum atomic E-state index is 9.89. The molecule has 0 saturated carbocycles. The normalized spacial score (nSPS) is 45.9. The van der Waals surface area contributed by atoms with Crippen molar-refractivity contribution in [1.82, 2.24) is 4.90 Å². The first kappa shape index (κ1) is 9.76. The molecule has 0 spiro atoms. The summed E-state index contributed by atoms with van der Waals surface area (Å²) >= 11 is 0. The second-order valence-corrected chi connectivity index (χ2v) is 3.99. The van der Waals surface area contributed by atoms with Crippen molar-refractivity contribution in [3.8, 4) is 0 Å². The number of morpholine rings is 1. The van der Waals surface area contributed by atoms with Crippen LogP contribution in [-0.2, 0) is 4.74 Å². The number of aliphatic hydroxyl groups excluding tert-OH is 2. The van der Waals surface area contributed by atoms with Crippen LogP contribution in [-0.4, -0.2) is 65.8 Å². The number of fused-ring (bicyclic) bond motifs is 2. The molecule has 0 aromatic carbocycles. The summed E-state index contributed by atoms with van der Waals surface area (Å²) in [4.78, 5) is 1.58. The van der Waals surface area contributed by atoms with E-state index in [0.717, 1.165) is 0 Å². The topological polar surface area (TPSA) is 103 Å². The van der Waals surface area contributed by atoms with Gasteiger partial charge in [-0.05, 0) is 0 Å². The first-order chi connectivity index (χ1) is 6.52. The Kier molecular flexibility index (Phi) is 1.99. The molecule has 2 heterocycles. The zero-order chi connectivity index (χ0) is 10.5. The van der Waals surface area contributed by atoms with Crippen LogP contribution in [0.2, 0.25) is 0 Å². The lowest BCUT2D eigenvalue weighted by Gasteiger charge is -2.35. The van der Waals surface area contributed by atoms with Gasteiger partial charge in [-0.1, -0.05) is 0 Å². The summed E-state index contributed by atoms with van der Waals surface area (Å²) in [5.74, 6) is -0.0838. The van der Waals surface area contributed by atoms with E-state index >= 15 is 0 Å². The van der Waals surface area contributed by atoms with Gasteiger partial charge in [-0.25, -0.2) is 0 Å². The van der Waals surface area contributed by atoms with Crippen molar-refractivity contribution in [2.45, 2.75) is 23.8 Å². The SMILES string of the molecule is B[C@@H]1OC2(CO)CN(C(=N)N)C1C2O. The van der Waals surface area contributed by atoms with Gasteiger partial charge in [0.2, 0.25) is 0 Å². The summed E-state index contributed by atoms with van der Waals surface area (Å²) in [5.41, 5.74) is 4.43. The molecular weight excluding hydrogens is 185 g/mol. The number of nitrogens with zero attached hydrogens (tertiary/aromatic N) is 1. The molecule has 6 nitrogen and oxygen atoms in total. The van der Waals surface area contributed by atoms with Gasteiger partial charge >= 0.3 is 0 Å². The predicted molar refractivity (Wildman–Crippen MR) is 51.6 cm³/mol. The van der Waals surface area contributed by atoms with Crippen LogP contribution in [0, 0.1) is 5.41 Å². The lowest BCUT2D eigenvalue weighted by atomic mass is 9.90. The minimum Gasteiger partial charge on any atom is -0.393 e. The highest BCUT2D eigenvalue weighted by Crippen LogP contribution is 2.40. The molecule has 4 atom stereocenters. The minimum absolute atomic E-state index is 0.0838. The second-order valence-electron chi connectivity index (χ2n) is 3.99. The van der Waals surface area contributed by atoms with E-state index in [-0.39, 0.29) is 31.2 Å². The molecule has 0 amide bonds. The van der Waals surface area contributed by atoms with Gasteiger partial charge in [0.25, 0.3) is 0 Å². The average molecular weight is 199 g/mol. The number of guanidine groups is 1. The monoisotopic (exact) mass is 199 g/mol. The molecule has 14 heavy (non-hydrogen) atoms. The third kappa shape index (κ3) is 1.000. The second kappa shape index (κ2) is 2.85. The zero-order valence-corrected chi connectivity index (χ0v) is 7.97. The molecular formula is C7H14BN3O3. The van der Waals surface area contributed by atoms with E-state index in [4.69, 9.17) is 15.9 Å². The Morgan fingerprint density at radius 1 is 1.79 bits per heavy atom. The fraction of sp³-hybridized carbons (Fsp3) is 0.857. The maximum absolute atomic E-state index is 9.89. The summed E-state index contributed by atoms with van der Waals surface area (Å²) in [6.45, 7) is 0.0355. The van der Waals surface area contributed by atoms with Crippen molar-refractivity contribution in [2.24, 2.45) is 5.73 Å². The molecule has 7 heteroatoms. The molecule has 5 N–H and O–H groups in total. The smallest absolute Gasteiger partial charge is 0.188 e. The van der Waals surface area contributed by atoms with Crippen molar-refractivity contribution in [3.05, 3.63) is 0 Å². The number of nitrogens with one attached hydrogen (secondary N) is 1. The van der Waals surface area contributed by atoms with Crippen molar-refractivity contribution in [3.63, 3.8) is 0 Å². The Balaban J connectivity index is 2.30. The summed E-state index contributed by atoms with van der Waals surface area (Å²) in [6, 6.07) is -0.519. The van der Waals surface area contributed by atoms with Gasteiger partial charge in [0, 0.05) is 6.00 Å². The minimum atomic E-state index is -0.949. The zero-order valence-electron chi connectivity index (χ0n) is 7.97. The van der Waals surface area contributed by atoms with Gasteiger partial charge in [-0.15, -0.1) is 0 Å². The number of hydrogen-bond acceptors (Lipinski definition) is 4. The van der Waals surface area contributed by atoms with E-state index in [0.29, 0.717) is 0 Å². The van der Waals surface area contributed by atoms with Gasteiger partial charge in [0.05, 0.1) is 19.2 Å². The average Bonchev–Trinajstić information content (AvgIpc) is 2.54. The predicted octanol–water partition coefficient (Wildman–Crippen LogP) is -3.35.